The molecule has 0 aliphatic carbocycles. The van der Waals surface area contributed by atoms with Gasteiger partial charge in [-0.1, -0.05) is 13.3 Å². The molecule has 1 atom stereocenters. The Labute approximate surface area is 96.8 Å². The second-order valence-corrected chi connectivity index (χ2v) is 3.94. The van der Waals surface area contributed by atoms with Crippen molar-refractivity contribution in [2.24, 2.45) is 0 Å². The van der Waals surface area contributed by atoms with Gasteiger partial charge in [-0.2, -0.15) is 0 Å². The van der Waals surface area contributed by atoms with Crippen LogP contribution in [0, 0.1) is 0 Å². The Morgan fingerprint density at radius 3 is 2.56 bits per heavy atom. The molecule has 0 aliphatic heterocycles. The zero-order chi connectivity index (χ0) is 12.6. The van der Waals surface area contributed by atoms with Crippen molar-refractivity contribution in [2.75, 3.05) is 20.1 Å². The largest absolute Gasteiger partial charge is 0.481 e. The molecule has 0 saturated carbocycles. The van der Waals surface area contributed by atoms with E-state index in [0.29, 0.717) is 13.1 Å². The highest BCUT2D eigenvalue weighted by Crippen LogP contribution is 1.97. The van der Waals surface area contributed by atoms with E-state index in [1.165, 1.54) is 0 Å². The molecule has 1 amide bonds. The summed E-state index contributed by atoms with van der Waals surface area (Å²) in [6.45, 7) is 4.92. The van der Waals surface area contributed by atoms with Crippen molar-refractivity contribution in [2.45, 2.75) is 39.2 Å². The standard InChI is InChI=1S/C11H22N2O3/c1-4-5-7-12-11(16)9(2)13(3)8-6-10(14)15/h9H,4-8H2,1-3H3,(H,12,16)(H,14,15). The van der Waals surface area contributed by atoms with Gasteiger partial charge in [0.15, 0.2) is 0 Å². The van der Waals surface area contributed by atoms with Gasteiger partial charge in [-0.05, 0) is 20.4 Å². The van der Waals surface area contributed by atoms with Crippen molar-refractivity contribution in [1.82, 2.24) is 10.2 Å². The normalized spacial score (nSPS) is 12.5. The molecule has 0 radical (unpaired) electrons. The first kappa shape index (κ1) is 14.9. The fourth-order valence-corrected chi connectivity index (χ4v) is 1.20. The minimum absolute atomic E-state index is 0.0404. The number of aliphatic carboxylic acids is 1. The number of rotatable bonds is 8. The van der Waals surface area contributed by atoms with Crippen LogP contribution in [0.15, 0.2) is 0 Å². The smallest absolute Gasteiger partial charge is 0.304 e. The molecule has 1 unspecified atom stereocenters. The van der Waals surface area contributed by atoms with E-state index in [-0.39, 0.29) is 18.4 Å². The number of amides is 1. The number of carboxylic acid groups (broad SMARTS) is 1. The lowest BCUT2D eigenvalue weighted by Crippen LogP contribution is -2.44. The summed E-state index contributed by atoms with van der Waals surface area (Å²) in [6.07, 6.45) is 2.07. The van der Waals surface area contributed by atoms with Crippen LogP contribution in [0.2, 0.25) is 0 Å². The molecular weight excluding hydrogens is 208 g/mol. The number of hydrogen-bond donors (Lipinski definition) is 2. The maximum absolute atomic E-state index is 11.6. The monoisotopic (exact) mass is 230 g/mol. The van der Waals surface area contributed by atoms with E-state index in [4.69, 9.17) is 5.11 Å². The minimum Gasteiger partial charge on any atom is -0.481 e. The molecule has 16 heavy (non-hydrogen) atoms. The Bertz CT molecular complexity index is 231. The van der Waals surface area contributed by atoms with Gasteiger partial charge in [0.2, 0.25) is 5.91 Å². The molecule has 0 rings (SSSR count). The lowest BCUT2D eigenvalue weighted by atomic mass is 10.2. The molecule has 5 nitrogen and oxygen atoms in total. The highest BCUT2D eigenvalue weighted by atomic mass is 16.4. The molecule has 0 aromatic heterocycles. The number of likely N-dealkylation sites (N-methyl/N-ethyl adjacent to an activating group) is 1. The van der Waals surface area contributed by atoms with Crippen LogP contribution in [-0.4, -0.2) is 48.1 Å². The number of carboxylic acids is 1. The van der Waals surface area contributed by atoms with Gasteiger partial charge >= 0.3 is 5.97 Å². The summed E-state index contributed by atoms with van der Waals surface area (Å²) in [6, 6.07) is -0.281. The van der Waals surface area contributed by atoms with Gasteiger partial charge in [0.1, 0.15) is 0 Å². The van der Waals surface area contributed by atoms with Gasteiger partial charge in [-0.3, -0.25) is 14.5 Å². The lowest BCUT2D eigenvalue weighted by Gasteiger charge is -2.23. The second-order valence-electron chi connectivity index (χ2n) is 3.94. The molecule has 0 bridgehead atoms. The quantitative estimate of drug-likeness (QED) is 0.602. The summed E-state index contributed by atoms with van der Waals surface area (Å²) in [5, 5.41) is 11.4. The Hall–Kier alpha value is -1.10. The molecule has 0 heterocycles. The Morgan fingerprint density at radius 2 is 2.06 bits per heavy atom. The predicted octanol–water partition coefficient (Wildman–Crippen LogP) is 0.698. The first-order valence-corrected chi connectivity index (χ1v) is 5.68. The molecule has 0 spiro atoms. The Kier molecular flexibility index (Phi) is 7.54. The van der Waals surface area contributed by atoms with Crippen molar-refractivity contribution < 1.29 is 14.7 Å². The van der Waals surface area contributed by atoms with Crippen LogP contribution in [0.1, 0.15) is 33.1 Å². The molecule has 0 aliphatic rings. The van der Waals surface area contributed by atoms with Crippen LogP contribution in [0.5, 0.6) is 0 Å². The van der Waals surface area contributed by atoms with Crippen LogP contribution in [0.3, 0.4) is 0 Å². The zero-order valence-electron chi connectivity index (χ0n) is 10.3. The maximum atomic E-state index is 11.6. The number of unbranched alkanes of at least 4 members (excludes halogenated alkanes) is 1. The summed E-state index contributed by atoms with van der Waals surface area (Å²) < 4.78 is 0. The van der Waals surface area contributed by atoms with Crippen molar-refractivity contribution in [3.8, 4) is 0 Å². The van der Waals surface area contributed by atoms with E-state index >= 15 is 0 Å². The van der Waals surface area contributed by atoms with E-state index in [0.717, 1.165) is 12.8 Å². The maximum Gasteiger partial charge on any atom is 0.304 e. The van der Waals surface area contributed by atoms with Gasteiger partial charge in [-0.25, -0.2) is 0 Å². The molecule has 5 heteroatoms. The van der Waals surface area contributed by atoms with Gasteiger partial charge < -0.3 is 10.4 Å². The highest BCUT2D eigenvalue weighted by Gasteiger charge is 2.17. The molecule has 2 N–H and O–H groups in total. The van der Waals surface area contributed by atoms with Crippen molar-refractivity contribution in [3.63, 3.8) is 0 Å². The molecule has 0 aromatic carbocycles. The molecule has 0 fully saturated rings. The highest BCUT2D eigenvalue weighted by molar-refractivity contribution is 5.81. The Balaban J connectivity index is 3.86. The van der Waals surface area contributed by atoms with Crippen LogP contribution >= 0.6 is 0 Å². The van der Waals surface area contributed by atoms with Crippen molar-refractivity contribution >= 4 is 11.9 Å². The molecule has 94 valence electrons. The van der Waals surface area contributed by atoms with Crippen LogP contribution in [-0.2, 0) is 9.59 Å². The van der Waals surface area contributed by atoms with Crippen molar-refractivity contribution in [3.05, 3.63) is 0 Å². The van der Waals surface area contributed by atoms with Crippen LogP contribution < -0.4 is 5.32 Å². The summed E-state index contributed by atoms with van der Waals surface area (Å²) in [5.74, 6) is -0.883. The SMILES string of the molecule is CCCCNC(=O)C(C)N(C)CCC(=O)O. The molecule has 0 saturated heterocycles. The predicted molar refractivity (Wildman–Crippen MR) is 62.3 cm³/mol. The van der Waals surface area contributed by atoms with E-state index in [9.17, 15) is 9.59 Å². The summed E-state index contributed by atoms with van der Waals surface area (Å²) in [7, 11) is 1.76. The number of hydrogen-bond acceptors (Lipinski definition) is 3. The summed E-state index contributed by atoms with van der Waals surface area (Å²) in [5.41, 5.74) is 0. The number of carbonyl (C=O) groups excluding carboxylic acids is 1. The Morgan fingerprint density at radius 1 is 1.44 bits per heavy atom. The first-order valence-electron chi connectivity index (χ1n) is 5.68. The van der Waals surface area contributed by atoms with E-state index in [1.54, 1.807) is 18.9 Å². The third-order valence-corrected chi connectivity index (χ3v) is 2.55. The third-order valence-electron chi connectivity index (χ3n) is 2.55. The lowest BCUT2D eigenvalue weighted by molar-refractivity contribution is -0.138. The van der Waals surface area contributed by atoms with E-state index in [1.807, 2.05) is 0 Å². The van der Waals surface area contributed by atoms with Crippen LogP contribution in [0.25, 0.3) is 0 Å². The zero-order valence-corrected chi connectivity index (χ0v) is 10.3. The van der Waals surface area contributed by atoms with E-state index < -0.39 is 5.97 Å². The third kappa shape index (κ3) is 6.40. The average Bonchev–Trinajstić information content (AvgIpc) is 2.24. The number of nitrogens with one attached hydrogen (secondary N) is 1. The van der Waals surface area contributed by atoms with Crippen molar-refractivity contribution in [1.29, 1.82) is 0 Å². The topological polar surface area (TPSA) is 69.6 Å². The van der Waals surface area contributed by atoms with Crippen LogP contribution in [0.4, 0.5) is 0 Å². The minimum atomic E-state index is -0.842. The van der Waals surface area contributed by atoms with Gasteiger partial charge in [0, 0.05) is 13.1 Å². The average molecular weight is 230 g/mol. The first-order chi connectivity index (χ1) is 7.49. The van der Waals surface area contributed by atoms with Gasteiger partial charge in [0.25, 0.3) is 0 Å². The van der Waals surface area contributed by atoms with Gasteiger partial charge in [-0.15, -0.1) is 0 Å². The number of carbonyl (C=O) groups is 2. The fourth-order valence-electron chi connectivity index (χ4n) is 1.20. The van der Waals surface area contributed by atoms with E-state index in [2.05, 4.69) is 12.2 Å². The summed E-state index contributed by atoms with van der Waals surface area (Å²) in [4.78, 5) is 23.7. The summed E-state index contributed by atoms with van der Waals surface area (Å²) >= 11 is 0. The molecule has 0 aromatic rings. The number of nitrogens with zero attached hydrogens (tertiary/aromatic N) is 1. The fraction of sp³-hybridized carbons (Fsp3) is 0.818. The van der Waals surface area contributed by atoms with Gasteiger partial charge in [0.05, 0.1) is 12.5 Å². The second kappa shape index (κ2) is 8.10. The molecular formula is C11H22N2O3.